The van der Waals surface area contributed by atoms with Crippen molar-refractivity contribution < 1.29 is 14.4 Å². The Bertz CT molecular complexity index is 784. The first-order valence-electron chi connectivity index (χ1n) is 6.21. The molecule has 0 saturated carbocycles. The first-order chi connectivity index (χ1) is 10.1. The summed E-state index contributed by atoms with van der Waals surface area (Å²) in [5, 5.41) is 1.80. The van der Waals surface area contributed by atoms with Crippen LogP contribution < -0.4 is 4.80 Å². The summed E-state index contributed by atoms with van der Waals surface area (Å²) in [6, 6.07) is 6.53. The van der Waals surface area contributed by atoms with Crippen LogP contribution in [0.5, 0.6) is 0 Å². The van der Waals surface area contributed by atoms with E-state index in [0.717, 1.165) is 4.90 Å². The molecular weight excluding hydrogens is 290 g/mol. The third kappa shape index (κ3) is 2.31. The quantitative estimate of drug-likeness (QED) is 0.771. The van der Waals surface area contributed by atoms with Crippen LogP contribution in [0.4, 0.5) is 0 Å². The number of nitrogens with zero attached hydrogens (tertiary/aromatic N) is 3. The standard InChI is InChI=1S/C14H11N3O3S/c1-16-6-7-21-14(16)15-11(18)8-17-12(19)9-4-2-3-5-10(9)13(17)20/h2-7H,8H2,1H3. The topological polar surface area (TPSA) is 71.7 Å². The fraction of sp³-hybridized carbons (Fsp3) is 0.143. The van der Waals surface area contributed by atoms with Gasteiger partial charge in [-0.1, -0.05) is 12.1 Å². The van der Waals surface area contributed by atoms with E-state index in [9.17, 15) is 14.4 Å². The van der Waals surface area contributed by atoms with Crippen LogP contribution >= 0.6 is 11.3 Å². The number of aryl methyl sites for hydroxylation is 1. The van der Waals surface area contributed by atoms with Crippen molar-refractivity contribution in [1.29, 1.82) is 0 Å². The average Bonchev–Trinajstić information content (AvgIpc) is 2.97. The van der Waals surface area contributed by atoms with Crippen LogP contribution in [0.2, 0.25) is 0 Å². The second kappa shape index (κ2) is 5.10. The predicted octanol–water partition coefficient (Wildman–Crippen LogP) is 0.810. The molecule has 0 N–H and O–H groups in total. The molecule has 7 heteroatoms. The molecule has 106 valence electrons. The Morgan fingerprint density at radius 3 is 2.33 bits per heavy atom. The zero-order valence-corrected chi connectivity index (χ0v) is 12.0. The van der Waals surface area contributed by atoms with Gasteiger partial charge in [-0.05, 0) is 12.1 Å². The van der Waals surface area contributed by atoms with Crippen molar-refractivity contribution in [3.63, 3.8) is 0 Å². The number of imide groups is 1. The van der Waals surface area contributed by atoms with Gasteiger partial charge >= 0.3 is 0 Å². The van der Waals surface area contributed by atoms with Crippen molar-refractivity contribution >= 4 is 29.1 Å². The Kier molecular flexibility index (Phi) is 3.26. The van der Waals surface area contributed by atoms with Gasteiger partial charge in [0, 0.05) is 18.6 Å². The van der Waals surface area contributed by atoms with E-state index in [2.05, 4.69) is 4.99 Å². The lowest BCUT2D eigenvalue weighted by atomic mass is 10.1. The Labute approximate surface area is 124 Å². The molecule has 6 nitrogen and oxygen atoms in total. The molecule has 2 aromatic rings. The van der Waals surface area contributed by atoms with Gasteiger partial charge in [0.15, 0.2) is 4.80 Å². The lowest BCUT2D eigenvalue weighted by Gasteiger charge is -2.10. The minimum absolute atomic E-state index is 0.331. The number of hydrogen-bond donors (Lipinski definition) is 0. The lowest BCUT2D eigenvalue weighted by molar-refractivity contribution is -0.118. The molecule has 0 saturated heterocycles. The second-order valence-corrected chi connectivity index (χ2v) is 5.42. The number of carbonyl (C=O) groups is 3. The van der Waals surface area contributed by atoms with Crippen molar-refractivity contribution in [3.05, 3.63) is 51.8 Å². The van der Waals surface area contributed by atoms with Crippen molar-refractivity contribution in [3.8, 4) is 0 Å². The summed E-state index contributed by atoms with van der Waals surface area (Å²) >= 11 is 1.31. The highest BCUT2D eigenvalue weighted by atomic mass is 32.1. The van der Waals surface area contributed by atoms with Crippen molar-refractivity contribution in [2.75, 3.05) is 6.54 Å². The molecule has 0 atom stereocenters. The van der Waals surface area contributed by atoms with Gasteiger partial charge < -0.3 is 4.57 Å². The number of carbonyl (C=O) groups excluding carboxylic acids is 3. The summed E-state index contributed by atoms with van der Waals surface area (Å²) in [5.41, 5.74) is 0.661. The van der Waals surface area contributed by atoms with Crippen LogP contribution in [0.15, 0.2) is 40.8 Å². The number of fused-ring (bicyclic) bond motifs is 1. The molecule has 3 rings (SSSR count). The molecule has 0 bridgehead atoms. The molecule has 1 aromatic carbocycles. The number of benzene rings is 1. The monoisotopic (exact) mass is 301 g/mol. The van der Waals surface area contributed by atoms with E-state index in [-0.39, 0.29) is 6.54 Å². The van der Waals surface area contributed by atoms with Gasteiger partial charge in [-0.25, -0.2) is 0 Å². The Morgan fingerprint density at radius 1 is 1.19 bits per heavy atom. The van der Waals surface area contributed by atoms with E-state index in [1.807, 2.05) is 0 Å². The second-order valence-electron chi connectivity index (χ2n) is 4.54. The van der Waals surface area contributed by atoms with Gasteiger partial charge in [0.05, 0.1) is 11.1 Å². The molecule has 21 heavy (non-hydrogen) atoms. The molecular formula is C14H11N3O3S. The SMILES string of the molecule is Cn1ccsc1=NC(=O)CN1C(=O)c2ccccc2C1=O. The van der Waals surface area contributed by atoms with E-state index in [0.29, 0.717) is 15.9 Å². The van der Waals surface area contributed by atoms with Gasteiger partial charge in [0.2, 0.25) is 0 Å². The summed E-state index contributed by atoms with van der Waals surface area (Å²) in [5.74, 6) is -1.42. The summed E-state index contributed by atoms with van der Waals surface area (Å²) in [4.78, 5) is 41.6. The Hall–Kier alpha value is -2.54. The molecule has 0 aliphatic carbocycles. The Morgan fingerprint density at radius 2 is 1.81 bits per heavy atom. The van der Waals surface area contributed by atoms with Crippen LogP contribution in [0.25, 0.3) is 0 Å². The molecule has 0 unspecified atom stereocenters. The molecule has 2 heterocycles. The zero-order chi connectivity index (χ0) is 15.0. The highest BCUT2D eigenvalue weighted by molar-refractivity contribution is 7.07. The molecule has 0 spiro atoms. The maximum atomic E-state index is 12.1. The van der Waals surface area contributed by atoms with E-state index in [4.69, 9.17) is 0 Å². The van der Waals surface area contributed by atoms with Gasteiger partial charge in [0.25, 0.3) is 17.7 Å². The lowest BCUT2D eigenvalue weighted by Crippen LogP contribution is -2.35. The van der Waals surface area contributed by atoms with Gasteiger partial charge in [-0.3, -0.25) is 19.3 Å². The summed E-state index contributed by atoms with van der Waals surface area (Å²) in [7, 11) is 1.77. The first kappa shape index (κ1) is 13.4. The van der Waals surface area contributed by atoms with Crippen LogP contribution in [0.3, 0.4) is 0 Å². The third-order valence-corrected chi connectivity index (χ3v) is 4.00. The summed E-state index contributed by atoms with van der Waals surface area (Å²) in [6.07, 6.45) is 1.78. The van der Waals surface area contributed by atoms with Crippen LogP contribution in [0.1, 0.15) is 20.7 Å². The summed E-state index contributed by atoms with van der Waals surface area (Å²) < 4.78 is 1.70. The molecule has 3 amide bonds. The average molecular weight is 301 g/mol. The largest absolute Gasteiger partial charge is 0.327 e. The fourth-order valence-corrected chi connectivity index (χ4v) is 2.84. The number of rotatable bonds is 2. The van der Waals surface area contributed by atoms with Gasteiger partial charge in [0.1, 0.15) is 6.54 Å². The minimum Gasteiger partial charge on any atom is -0.327 e. The maximum Gasteiger partial charge on any atom is 0.268 e. The molecule has 0 fully saturated rings. The van der Waals surface area contributed by atoms with Crippen LogP contribution in [0, 0.1) is 0 Å². The predicted molar refractivity (Wildman–Crippen MR) is 75.7 cm³/mol. The number of aromatic nitrogens is 1. The van der Waals surface area contributed by atoms with Crippen LogP contribution in [-0.2, 0) is 11.8 Å². The minimum atomic E-state index is -0.525. The van der Waals surface area contributed by atoms with Gasteiger partial charge in [-0.15, -0.1) is 11.3 Å². The maximum absolute atomic E-state index is 12.1. The molecule has 1 aliphatic heterocycles. The van der Waals surface area contributed by atoms with Crippen LogP contribution in [-0.4, -0.2) is 33.7 Å². The van der Waals surface area contributed by atoms with E-state index in [1.165, 1.54) is 11.3 Å². The Balaban J connectivity index is 1.85. The number of thiazole rings is 1. The van der Waals surface area contributed by atoms with E-state index < -0.39 is 17.7 Å². The van der Waals surface area contributed by atoms with Crippen molar-refractivity contribution in [2.24, 2.45) is 12.0 Å². The number of amides is 3. The fourth-order valence-electron chi connectivity index (χ4n) is 2.09. The normalized spacial score (nSPS) is 14.7. The third-order valence-electron chi connectivity index (χ3n) is 3.15. The van der Waals surface area contributed by atoms with Crippen molar-refractivity contribution in [2.45, 2.75) is 0 Å². The summed E-state index contributed by atoms with van der Waals surface area (Å²) in [6.45, 7) is -0.343. The van der Waals surface area contributed by atoms with E-state index >= 15 is 0 Å². The molecule has 1 aliphatic rings. The van der Waals surface area contributed by atoms with E-state index in [1.54, 1.807) is 47.5 Å². The van der Waals surface area contributed by atoms with Crippen molar-refractivity contribution in [1.82, 2.24) is 9.47 Å². The first-order valence-corrected chi connectivity index (χ1v) is 7.09. The smallest absolute Gasteiger partial charge is 0.268 e. The highest BCUT2D eigenvalue weighted by Crippen LogP contribution is 2.21. The number of hydrogen-bond acceptors (Lipinski definition) is 4. The highest BCUT2D eigenvalue weighted by Gasteiger charge is 2.36. The zero-order valence-electron chi connectivity index (χ0n) is 11.1. The van der Waals surface area contributed by atoms with Gasteiger partial charge in [-0.2, -0.15) is 4.99 Å². The molecule has 1 aromatic heterocycles. The molecule has 0 radical (unpaired) electrons.